The van der Waals surface area contributed by atoms with Crippen molar-refractivity contribution < 1.29 is 9.59 Å². The first-order chi connectivity index (χ1) is 13.2. The molecule has 27 heavy (non-hydrogen) atoms. The molecule has 2 saturated carbocycles. The van der Waals surface area contributed by atoms with Crippen molar-refractivity contribution in [1.82, 2.24) is 0 Å². The predicted molar refractivity (Wildman–Crippen MR) is 109 cm³/mol. The Morgan fingerprint density at radius 2 is 1.74 bits per heavy atom. The molecule has 0 saturated heterocycles. The summed E-state index contributed by atoms with van der Waals surface area (Å²) in [5, 5.41) is 0. The number of rotatable bonds is 4. The van der Waals surface area contributed by atoms with Gasteiger partial charge in [0, 0.05) is 17.8 Å². The van der Waals surface area contributed by atoms with Gasteiger partial charge in [-0.15, -0.1) is 0 Å². The molecular formula is C25H30O2. The SMILES string of the molecule is O=C1C(=Cc2ccccc2)CC[C@@H]1C[C@@H]1CCC[C@H](C2=CCCCC2)C1=O. The second-order valence-corrected chi connectivity index (χ2v) is 8.52. The van der Waals surface area contributed by atoms with Crippen LogP contribution in [-0.2, 0) is 9.59 Å². The van der Waals surface area contributed by atoms with E-state index in [1.165, 1.54) is 18.4 Å². The fourth-order valence-corrected chi connectivity index (χ4v) is 5.23. The second-order valence-electron chi connectivity index (χ2n) is 8.52. The third-order valence-electron chi connectivity index (χ3n) is 6.72. The van der Waals surface area contributed by atoms with E-state index < -0.39 is 0 Å². The van der Waals surface area contributed by atoms with Crippen LogP contribution >= 0.6 is 0 Å². The number of Topliss-reactive ketones (excluding diaryl/α,β-unsaturated/α-hetero) is 2. The molecule has 142 valence electrons. The summed E-state index contributed by atoms with van der Waals surface area (Å²) in [6.07, 6.45) is 14.8. The zero-order valence-corrected chi connectivity index (χ0v) is 16.2. The van der Waals surface area contributed by atoms with Gasteiger partial charge in [-0.25, -0.2) is 0 Å². The van der Waals surface area contributed by atoms with E-state index >= 15 is 0 Å². The van der Waals surface area contributed by atoms with Crippen molar-refractivity contribution in [2.75, 3.05) is 0 Å². The molecule has 2 nitrogen and oxygen atoms in total. The summed E-state index contributed by atoms with van der Waals surface area (Å²) in [6, 6.07) is 10.1. The molecule has 0 spiro atoms. The quantitative estimate of drug-likeness (QED) is 0.492. The lowest BCUT2D eigenvalue weighted by Crippen LogP contribution is -2.32. The Balaban J connectivity index is 1.41. The summed E-state index contributed by atoms with van der Waals surface area (Å²) >= 11 is 0. The molecule has 3 aliphatic rings. The minimum absolute atomic E-state index is 0.0491. The molecule has 0 amide bonds. The molecule has 2 heteroatoms. The van der Waals surface area contributed by atoms with Gasteiger partial charge in [0.2, 0.25) is 0 Å². The Kier molecular flexibility index (Phi) is 5.71. The van der Waals surface area contributed by atoms with E-state index in [0.29, 0.717) is 5.78 Å². The first-order valence-electron chi connectivity index (χ1n) is 10.7. The number of benzene rings is 1. The van der Waals surface area contributed by atoms with Crippen LogP contribution in [0.3, 0.4) is 0 Å². The first-order valence-corrected chi connectivity index (χ1v) is 10.7. The molecule has 0 N–H and O–H groups in total. The number of carbonyl (C=O) groups is 2. The highest BCUT2D eigenvalue weighted by Crippen LogP contribution is 2.40. The van der Waals surface area contributed by atoms with E-state index in [1.807, 2.05) is 36.4 Å². The van der Waals surface area contributed by atoms with E-state index in [9.17, 15) is 9.59 Å². The van der Waals surface area contributed by atoms with Gasteiger partial charge >= 0.3 is 0 Å². The van der Waals surface area contributed by atoms with Crippen LogP contribution in [0.1, 0.15) is 69.8 Å². The number of ketones is 2. The molecule has 0 bridgehead atoms. The molecule has 4 rings (SSSR count). The maximum absolute atomic E-state index is 13.1. The molecule has 3 atom stereocenters. The molecule has 0 radical (unpaired) electrons. The third kappa shape index (κ3) is 4.15. The monoisotopic (exact) mass is 362 g/mol. The van der Waals surface area contributed by atoms with Crippen molar-refractivity contribution in [3.63, 3.8) is 0 Å². The summed E-state index contributed by atoms with van der Waals surface area (Å²) < 4.78 is 0. The maximum Gasteiger partial charge on any atom is 0.161 e. The average molecular weight is 363 g/mol. The molecular weight excluding hydrogens is 332 g/mol. The fourth-order valence-electron chi connectivity index (χ4n) is 5.23. The van der Waals surface area contributed by atoms with E-state index in [0.717, 1.165) is 62.5 Å². The first kappa shape index (κ1) is 18.4. The van der Waals surface area contributed by atoms with Crippen LogP contribution in [0.25, 0.3) is 6.08 Å². The lowest BCUT2D eigenvalue weighted by atomic mass is 9.71. The zero-order valence-electron chi connectivity index (χ0n) is 16.2. The summed E-state index contributed by atoms with van der Waals surface area (Å²) in [4.78, 5) is 26.0. The molecule has 0 aliphatic heterocycles. The molecule has 2 fully saturated rings. The largest absolute Gasteiger partial charge is 0.299 e. The van der Waals surface area contributed by atoms with Crippen molar-refractivity contribution in [3.05, 3.63) is 53.1 Å². The van der Waals surface area contributed by atoms with Gasteiger partial charge in [-0.05, 0) is 75.0 Å². The van der Waals surface area contributed by atoms with E-state index in [2.05, 4.69) is 6.08 Å². The summed E-state index contributed by atoms with van der Waals surface area (Å²) in [6.45, 7) is 0. The average Bonchev–Trinajstić information content (AvgIpc) is 3.04. The molecule has 0 heterocycles. The smallest absolute Gasteiger partial charge is 0.161 e. The Labute approximate surface area is 162 Å². The van der Waals surface area contributed by atoms with Gasteiger partial charge in [-0.2, -0.15) is 0 Å². The van der Waals surface area contributed by atoms with Crippen LogP contribution in [-0.4, -0.2) is 11.6 Å². The highest BCUT2D eigenvalue weighted by molar-refractivity contribution is 6.03. The number of carbonyl (C=O) groups excluding carboxylic acids is 2. The van der Waals surface area contributed by atoms with Gasteiger partial charge in [0.15, 0.2) is 5.78 Å². The van der Waals surface area contributed by atoms with Gasteiger partial charge < -0.3 is 0 Å². The summed E-state index contributed by atoms with van der Waals surface area (Å²) in [5.41, 5.74) is 3.44. The summed E-state index contributed by atoms with van der Waals surface area (Å²) in [7, 11) is 0. The summed E-state index contributed by atoms with van der Waals surface area (Å²) in [5.74, 6) is 1.01. The Bertz CT molecular complexity index is 756. The van der Waals surface area contributed by atoms with Crippen molar-refractivity contribution >= 4 is 17.6 Å². The number of hydrogen-bond acceptors (Lipinski definition) is 2. The standard InChI is InChI=1S/C25H30O2/c26-24-21(16-18-8-3-1-4-9-18)14-15-22(24)17-20-12-7-13-23(25(20)27)19-10-5-2-6-11-19/h1,3-4,8-10,16,20,22-23H,2,5-7,11-15,17H2/t20-,22+,23+/m0/s1. The predicted octanol–water partition coefficient (Wildman–Crippen LogP) is 5.93. The van der Waals surface area contributed by atoms with E-state index in [1.54, 1.807) is 0 Å². The van der Waals surface area contributed by atoms with Crippen LogP contribution in [0.2, 0.25) is 0 Å². The van der Waals surface area contributed by atoms with E-state index in [4.69, 9.17) is 0 Å². The molecule has 0 unspecified atom stereocenters. The van der Waals surface area contributed by atoms with Gasteiger partial charge in [-0.1, -0.05) is 48.4 Å². The Morgan fingerprint density at radius 3 is 2.52 bits per heavy atom. The lowest BCUT2D eigenvalue weighted by Gasteiger charge is -2.31. The number of allylic oxidation sites excluding steroid dienone is 3. The van der Waals surface area contributed by atoms with Crippen LogP contribution in [0.4, 0.5) is 0 Å². The van der Waals surface area contributed by atoms with Gasteiger partial charge in [0.25, 0.3) is 0 Å². The Hall–Kier alpha value is -1.96. The van der Waals surface area contributed by atoms with Gasteiger partial charge in [0.1, 0.15) is 5.78 Å². The van der Waals surface area contributed by atoms with Crippen molar-refractivity contribution in [2.45, 2.75) is 64.2 Å². The fraction of sp³-hybridized carbons (Fsp3) is 0.520. The molecule has 1 aromatic carbocycles. The number of hydrogen-bond donors (Lipinski definition) is 0. The van der Waals surface area contributed by atoms with Crippen LogP contribution in [0.15, 0.2) is 47.6 Å². The second kappa shape index (κ2) is 8.37. The minimum Gasteiger partial charge on any atom is -0.299 e. The highest BCUT2D eigenvalue weighted by Gasteiger charge is 2.38. The molecule has 3 aliphatic carbocycles. The highest BCUT2D eigenvalue weighted by atomic mass is 16.1. The van der Waals surface area contributed by atoms with Gasteiger partial charge in [-0.3, -0.25) is 9.59 Å². The third-order valence-corrected chi connectivity index (χ3v) is 6.72. The van der Waals surface area contributed by atoms with Crippen LogP contribution in [0, 0.1) is 17.8 Å². The van der Waals surface area contributed by atoms with Crippen molar-refractivity contribution in [3.8, 4) is 0 Å². The van der Waals surface area contributed by atoms with Crippen molar-refractivity contribution in [2.24, 2.45) is 17.8 Å². The van der Waals surface area contributed by atoms with Crippen molar-refractivity contribution in [1.29, 1.82) is 0 Å². The Morgan fingerprint density at radius 1 is 0.889 bits per heavy atom. The van der Waals surface area contributed by atoms with Crippen LogP contribution < -0.4 is 0 Å². The maximum atomic E-state index is 13.1. The van der Waals surface area contributed by atoms with Gasteiger partial charge in [0.05, 0.1) is 0 Å². The zero-order chi connectivity index (χ0) is 18.6. The topological polar surface area (TPSA) is 34.1 Å². The molecule has 1 aromatic rings. The lowest BCUT2D eigenvalue weighted by molar-refractivity contribution is -0.129. The van der Waals surface area contributed by atoms with E-state index in [-0.39, 0.29) is 23.5 Å². The minimum atomic E-state index is 0.0491. The normalized spacial score (nSPS) is 30.6. The van der Waals surface area contributed by atoms with Crippen LogP contribution in [0.5, 0.6) is 0 Å². The molecule has 0 aromatic heterocycles.